The molecule has 3 fully saturated rings. The maximum atomic E-state index is 14.7. The Hall–Kier alpha value is -8.38. The van der Waals surface area contributed by atoms with Crippen molar-refractivity contribution in [3.8, 4) is 39.8 Å². The number of carbonyl (C=O) groups is 8. The first-order valence-electron chi connectivity index (χ1n) is 28.1. The predicted molar refractivity (Wildman–Crippen MR) is 304 cm³/mol. The Morgan fingerprint density at radius 2 is 1.43 bits per heavy atom. The van der Waals surface area contributed by atoms with Gasteiger partial charge in [0.05, 0.1) is 37.4 Å². The minimum atomic E-state index is -5.35. The minimum Gasteiger partial charge on any atom is -0.504 e. The van der Waals surface area contributed by atoms with Crippen molar-refractivity contribution in [2.45, 2.75) is 145 Å². The summed E-state index contributed by atoms with van der Waals surface area (Å²) in [5, 5.41) is 116. The monoisotopic (exact) mass is 1270 g/mol. The summed E-state index contributed by atoms with van der Waals surface area (Å²) >= 11 is 0. The number of fused-ring (bicyclic) bond motifs is 2. The Morgan fingerprint density at radius 3 is 2.07 bits per heavy atom. The third kappa shape index (κ3) is 16.9. The van der Waals surface area contributed by atoms with Gasteiger partial charge in [-0.2, -0.15) is 8.42 Å². The van der Waals surface area contributed by atoms with E-state index in [-0.39, 0.29) is 5.56 Å². The third-order valence-electron chi connectivity index (χ3n) is 15.2. The van der Waals surface area contributed by atoms with Crippen LogP contribution < -0.4 is 41.2 Å². The van der Waals surface area contributed by atoms with Gasteiger partial charge in [-0.25, -0.2) is 0 Å². The van der Waals surface area contributed by atoms with Gasteiger partial charge < -0.3 is 102 Å². The molecule has 8 amide bonds. The first-order chi connectivity index (χ1) is 42.0. The Morgan fingerprint density at radius 1 is 0.787 bits per heavy atom. The number of nitrogens with one attached hydrogen (secondary N) is 5. The smallest absolute Gasteiger partial charge is 0.446 e. The molecular formula is C56H71N9O23S. The molecule has 3 aliphatic rings. The van der Waals surface area contributed by atoms with Crippen LogP contribution in [-0.2, 0) is 44.0 Å². The van der Waals surface area contributed by atoms with Crippen LogP contribution in [0.5, 0.6) is 17.2 Å². The van der Waals surface area contributed by atoms with E-state index in [0.717, 1.165) is 32.3 Å². The van der Waals surface area contributed by atoms with E-state index in [1.807, 2.05) is 10.6 Å². The molecule has 7 rings (SSSR count). The van der Waals surface area contributed by atoms with Crippen LogP contribution in [0.15, 0.2) is 77.3 Å². The average molecular weight is 1270 g/mol. The number of phenols is 1. The molecule has 15 atom stereocenters. The lowest BCUT2D eigenvalue weighted by molar-refractivity contribution is -0.149. The summed E-state index contributed by atoms with van der Waals surface area (Å²) in [6, 6.07) is 3.52. The summed E-state index contributed by atoms with van der Waals surface area (Å²) in [5.74, 6) is -12.9. The van der Waals surface area contributed by atoms with Crippen molar-refractivity contribution in [2.24, 2.45) is 11.7 Å². The second-order valence-corrected chi connectivity index (χ2v) is 22.9. The summed E-state index contributed by atoms with van der Waals surface area (Å²) in [6.45, 7) is 3.74. The number of rotatable bonds is 18. The highest BCUT2D eigenvalue weighted by molar-refractivity contribution is 7.81. The molecule has 0 bridgehead atoms. The van der Waals surface area contributed by atoms with E-state index >= 15 is 0 Å². The fraction of sp³-hybridized carbons (Fsp3) is 0.482. The number of benzene rings is 3. The fourth-order valence-corrected chi connectivity index (χ4v) is 10.7. The zero-order chi connectivity index (χ0) is 65.3. The van der Waals surface area contributed by atoms with Gasteiger partial charge in [0.2, 0.25) is 41.4 Å². The molecule has 33 heteroatoms. The van der Waals surface area contributed by atoms with Gasteiger partial charge in [-0.1, -0.05) is 50.0 Å². The maximum Gasteiger partial charge on any atom is 0.446 e. The highest BCUT2D eigenvalue weighted by atomic mass is 32.3. The molecular weight excluding hydrogens is 1200 g/mol. The SMILES string of the molecule is CCCCCOc1ccc(-c2cc(-c3ccc(C(=O)N[C@@H]4C[C@H](O)[C@H](O)NC(=O)[C@H]5[C@H](O)[C@H](C)CN5C(=O)[C@@H]([C@@H](O)CC(N)=O)NC(=O)[C@@H]([C@@H](O)[C@H](O)c5ccc(O)c(OS(=O)(=O)O)c5)NC(=O)[C@H]5C[C@H](O)CN5C(=O)[C@@H]([C@H](C)O)NC4=O)cc3)no2)cc1. The largest absolute Gasteiger partial charge is 0.504 e. The van der Waals surface area contributed by atoms with E-state index < -0.39 is 198 Å². The lowest BCUT2D eigenvalue weighted by atomic mass is 9.96. The van der Waals surface area contributed by atoms with Crippen molar-refractivity contribution < 1.29 is 111 Å². The molecule has 0 aliphatic carbocycles. The van der Waals surface area contributed by atoms with Crippen molar-refractivity contribution in [1.82, 2.24) is 41.5 Å². The summed E-state index contributed by atoms with van der Waals surface area (Å²) < 4.78 is 48.1. The molecule has 17 N–H and O–H groups in total. The fourth-order valence-electron chi connectivity index (χ4n) is 10.3. The number of nitrogens with two attached hydrogens (primary N) is 1. The van der Waals surface area contributed by atoms with Crippen LogP contribution >= 0.6 is 0 Å². The quantitative estimate of drug-likeness (QED) is 0.0334. The van der Waals surface area contributed by atoms with Crippen molar-refractivity contribution in [3.63, 3.8) is 0 Å². The van der Waals surface area contributed by atoms with Crippen LogP contribution in [-0.4, -0.2) is 220 Å². The average Bonchev–Trinajstić information content (AvgIpc) is 2.76. The van der Waals surface area contributed by atoms with Crippen LogP contribution in [0.1, 0.15) is 81.3 Å². The Bertz CT molecular complexity index is 3340. The Labute approximate surface area is 507 Å². The third-order valence-corrected chi connectivity index (χ3v) is 15.6. The number of aromatic nitrogens is 1. The lowest BCUT2D eigenvalue weighted by Crippen LogP contribution is -2.64. The lowest BCUT2D eigenvalue weighted by Gasteiger charge is -2.34. The molecule has 0 spiro atoms. The van der Waals surface area contributed by atoms with Crippen molar-refractivity contribution in [2.75, 3.05) is 19.7 Å². The number of carbonyl (C=O) groups excluding carboxylic acids is 8. The summed E-state index contributed by atoms with van der Waals surface area (Å²) in [7, 11) is -5.35. The first kappa shape index (κ1) is 68.1. The number of hydrogen-bond donors (Lipinski definition) is 16. The maximum absolute atomic E-state index is 14.7. The van der Waals surface area contributed by atoms with Gasteiger partial charge in [-0.3, -0.25) is 42.9 Å². The Kier molecular flexibility index (Phi) is 22.4. The molecule has 89 heavy (non-hydrogen) atoms. The number of unbranched alkanes of at least 4 members (excludes halogenated alkanes) is 2. The molecule has 0 unspecified atom stereocenters. The normalized spacial score (nSPS) is 26.4. The number of aliphatic hydroxyl groups is 8. The summed E-state index contributed by atoms with van der Waals surface area (Å²) in [6.07, 6.45) is -17.3. The number of amides is 8. The summed E-state index contributed by atoms with van der Waals surface area (Å²) in [5.41, 5.74) is 6.17. The van der Waals surface area contributed by atoms with Gasteiger partial charge >= 0.3 is 10.4 Å². The number of hydrogen-bond acceptors (Lipinski definition) is 23. The number of phenolic OH excluding ortho intramolecular Hbond substituents is 1. The number of aromatic hydroxyl groups is 1. The van der Waals surface area contributed by atoms with Crippen molar-refractivity contribution >= 4 is 57.7 Å². The Balaban J connectivity index is 1.22. The van der Waals surface area contributed by atoms with Crippen LogP contribution in [0.2, 0.25) is 0 Å². The van der Waals surface area contributed by atoms with Crippen molar-refractivity contribution in [1.29, 1.82) is 0 Å². The number of primary amides is 1. The number of ether oxygens (including phenoxy) is 1. The molecule has 4 heterocycles. The van der Waals surface area contributed by atoms with E-state index in [1.54, 1.807) is 30.3 Å². The van der Waals surface area contributed by atoms with Crippen LogP contribution in [0.25, 0.3) is 22.6 Å². The zero-order valence-corrected chi connectivity index (χ0v) is 48.9. The van der Waals surface area contributed by atoms with Gasteiger partial charge in [0.15, 0.2) is 23.5 Å². The van der Waals surface area contributed by atoms with Crippen molar-refractivity contribution in [3.05, 3.63) is 83.9 Å². The molecule has 32 nitrogen and oxygen atoms in total. The summed E-state index contributed by atoms with van der Waals surface area (Å²) in [4.78, 5) is 115. The van der Waals surface area contributed by atoms with Gasteiger partial charge in [-0.05, 0) is 67.4 Å². The molecule has 4 aromatic rings. The highest BCUT2D eigenvalue weighted by Gasteiger charge is 2.51. The molecule has 0 radical (unpaired) electrons. The zero-order valence-electron chi connectivity index (χ0n) is 48.1. The molecule has 0 saturated carbocycles. The van der Waals surface area contributed by atoms with Gasteiger partial charge in [0, 0.05) is 54.6 Å². The number of aliphatic hydroxyl groups excluding tert-OH is 8. The predicted octanol–water partition coefficient (Wildman–Crippen LogP) is -3.90. The van der Waals surface area contributed by atoms with E-state index in [9.17, 15) is 97.3 Å². The van der Waals surface area contributed by atoms with Crippen LogP contribution in [0, 0.1) is 5.92 Å². The van der Waals surface area contributed by atoms with Crippen LogP contribution in [0.4, 0.5) is 0 Å². The molecule has 484 valence electrons. The first-order valence-corrected chi connectivity index (χ1v) is 29.5. The van der Waals surface area contributed by atoms with Gasteiger partial charge in [0.1, 0.15) is 66.0 Å². The topological polar surface area (TPSA) is 510 Å². The molecule has 3 saturated heterocycles. The van der Waals surface area contributed by atoms with E-state index in [1.165, 1.54) is 31.2 Å². The minimum absolute atomic E-state index is 0.107. The highest BCUT2D eigenvalue weighted by Crippen LogP contribution is 2.34. The second-order valence-electron chi connectivity index (χ2n) is 21.9. The van der Waals surface area contributed by atoms with Crippen LogP contribution in [0.3, 0.4) is 0 Å². The van der Waals surface area contributed by atoms with E-state index in [4.69, 9.17) is 15.0 Å². The second kappa shape index (κ2) is 29.3. The van der Waals surface area contributed by atoms with E-state index in [0.29, 0.717) is 56.9 Å². The van der Waals surface area contributed by atoms with Gasteiger partial charge in [-0.15, -0.1) is 0 Å². The molecule has 3 aromatic carbocycles. The van der Waals surface area contributed by atoms with Gasteiger partial charge in [0.25, 0.3) is 5.91 Å². The molecule has 1 aromatic heterocycles. The number of nitrogens with zero attached hydrogens (tertiary/aromatic N) is 3. The molecule has 3 aliphatic heterocycles. The standard InChI is InChI=1S/C56H71N9O23S/c1-4-5-6-17-86-32-14-11-28(12-15-32)39-21-33(63-87-39)27-7-9-29(10-8-27)49(75)58-34-20-38(70)52(78)62-54(80)45-46(72)25(2)23-65(45)56(82)43(37(69)22-41(57)71)60-53(79)44(48(74)47(73)30-13-16-36(68)40(18-30)88-89(83,84)85)61-51(77)35-19-31(67)24-64(35)55(81)42(26(3)66)59-50(34)76/h7-16,18,21,25-26,31,34-35,37-38,42-48,52,66-70,72-74,78H,4-6,17,19-20,22-24H2,1-3H3,(H2,57,71)(H,58,75)(H,59,76)(H,60,79)(H,61,77)(H,62,80)(H,83,84,85)/t25-,26+,31+,34-,35-,37+,38+,42-,43-,44-,45-,46-,47-,48-,52+/m1/s1. The van der Waals surface area contributed by atoms with E-state index in [2.05, 4.69) is 32.2 Å².